The number of aryl methyl sites for hydroxylation is 2. The summed E-state index contributed by atoms with van der Waals surface area (Å²) in [6.07, 6.45) is 11.8. The first-order valence-electron chi connectivity index (χ1n) is 12.9. The van der Waals surface area contributed by atoms with Gasteiger partial charge in [0.05, 0.1) is 0 Å². The van der Waals surface area contributed by atoms with Gasteiger partial charge in [0, 0.05) is 0 Å². The Labute approximate surface area is 197 Å². The van der Waals surface area contributed by atoms with Crippen molar-refractivity contribution >= 4 is 0 Å². The third-order valence-corrected chi connectivity index (χ3v) is 7.14. The summed E-state index contributed by atoms with van der Waals surface area (Å²) < 4.78 is 0. The number of hydrogen-bond acceptors (Lipinski definition) is 0. The number of rotatable bonds is 13. The van der Waals surface area contributed by atoms with Crippen LogP contribution in [0, 0.1) is 12.8 Å². The van der Waals surface area contributed by atoms with E-state index in [2.05, 4.69) is 99.6 Å². The maximum Gasteiger partial charge on any atom is -0.0162 e. The van der Waals surface area contributed by atoms with Crippen molar-refractivity contribution in [3.05, 3.63) is 95.6 Å². The zero-order chi connectivity index (χ0) is 22.6. The van der Waals surface area contributed by atoms with Crippen LogP contribution in [0.4, 0.5) is 0 Å². The van der Waals surface area contributed by atoms with E-state index in [9.17, 15) is 0 Å². The summed E-state index contributed by atoms with van der Waals surface area (Å²) in [6.45, 7) is 6.85. The lowest BCUT2D eigenvalue weighted by Crippen LogP contribution is -2.02. The second-order valence-electron chi connectivity index (χ2n) is 9.54. The molecule has 0 N–H and O–H groups in total. The van der Waals surface area contributed by atoms with Crippen molar-refractivity contribution in [1.82, 2.24) is 0 Å². The molecule has 0 bridgehead atoms. The summed E-state index contributed by atoms with van der Waals surface area (Å²) in [7, 11) is 0. The van der Waals surface area contributed by atoms with Crippen LogP contribution >= 0.6 is 0 Å². The molecular weight excluding hydrogens is 384 g/mol. The highest BCUT2D eigenvalue weighted by atomic mass is 14.2. The topological polar surface area (TPSA) is 0 Å². The molecular formula is C32H42. The quantitative estimate of drug-likeness (QED) is 0.239. The predicted octanol–water partition coefficient (Wildman–Crippen LogP) is 9.77. The van der Waals surface area contributed by atoms with Gasteiger partial charge in [-0.05, 0) is 66.7 Å². The summed E-state index contributed by atoms with van der Waals surface area (Å²) in [5.41, 5.74) is 6.98. The van der Waals surface area contributed by atoms with Gasteiger partial charge in [-0.25, -0.2) is 0 Å². The Morgan fingerprint density at radius 2 is 1.28 bits per heavy atom. The number of unbranched alkanes of at least 4 members (excludes halogenated alkanes) is 1. The molecule has 3 aromatic rings. The molecule has 0 saturated heterocycles. The third kappa shape index (κ3) is 7.66. The van der Waals surface area contributed by atoms with Crippen LogP contribution in [0.25, 0.3) is 11.1 Å². The Kier molecular flexibility index (Phi) is 10.1. The van der Waals surface area contributed by atoms with Crippen LogP contribution in [0.1, 0.15) is 87.8 Å². The molecule has 0 fully saturated rings. The second-order valence-corrected chi connectivity index (χ2v) is 9.54. The Morgan fingerprint density at radius 1 is 0.625 bits per heavy atom. The Balaban J connectivity index is 1.56. The molecule has 170 valence electrons. The molecule has 32 heavy (non-hydrogen) atoms. The zero-order valence-electron chi connectivity index (χ0n) is 20.5. The van der Waals surface area contributed by atoms with Crippen LogP contribution in [-0.4, -0.2) is 0 Å². The van der Waals surface area contributed by atoms with Crippen molar-refractivity contribution in [3.8, 4) is 11.1 Å². The van der Waals surface area contributed by atoms with E-state index in [1.165, 1.54) is 79.2 Å². The minimum Gasteiger partial charge on any atom is -0.0651 e. The lowest BCUT2D eigenvalue weighted by atomic mass is 9.87. The summed E-state index contributed by atoms with van der Waals surface area (Å²) >= 11 is 0. The SMILES string of the molecule is CCC(CC)CCCCC(CCCc1cccc(-c2cccc(C)c2)c1)c1ccccc1. The van der Waals surface area contributed by atoms with Crippen LogP contribution < -0.4 is 0 Å². The third-order valence-electron chi connectivity index (χ3n) is 7.14. The van der Waals surface area contributed by atoms with E-state index in [1.54, 1.807) is 0 Å². The summed E-state index contributed by atoms with van der Waals surface area (Å²) in [4.78, 5) is 0. The zero-order valence-corrected chi connectivity index (χ0v) is 20.5. The van der Waals surface area contributed by atoms with Crippen molar-refractivity contribution in [2.75, 3.05) is 0 Å². The van der Waals surface area contributed by atoms with Crippen LogP contribution in [0.3, 0.4) is 0 Å². The summed E-state index contributed by atoms with van der Waals surface area (Å²) in [5, 5.41) is 0. The van der Waals surface area contributed by atoms with Crippen LogP contribution in [-0.2, 0) is 6.42 Å². The van der Waals surface area contributed by atoms with Crippen LogP contribution in [0.5, 0.6) is 0 Å². The smallest absolute Gasteiger partial charge is 0.0162 e. The van der Waals surface area contributed by atoms with Gasteiger partial charge in [0.25, 0.3) is 0 Å². The van der Waals surface area contributed by atoms with Gasteiger partial charge in [-0.1, -0.05) is 130 Å². The molecule has 0 radical (unpaired) electrons. The van der Waals surface area contributed by atoms with Gasteiger partial charge in [-0.2, -0.15) is 0 Å². The fourth-order valence-corrected chi connectivity index (χ4v) is 5.01. The first-order valence-corrected chi connectivity index (χ1v) is 12.9. The van der Waals surface area contributed by atoms with Gasteiger partial charge in [0.2, 0.25) is 0 Å². The minimum atomic E-state index is 0.692. The standard InChI is InChI=1S/C32H42/c1-4-27(5-2)15-9-10-20-30(29-18-7-6-8-19-29)21-12-16-28-17-13-23-32(25-28)31-22-11-14-26(3)24-31/h6-8,11,13-14,17-19,22-25,27,30H,4-5,9-10,12,15-16,20-21H2,1-3H3. The van der Waals surface area contributed by atoms with E-state index < -0.39 is 0 Å². The monoisotopic (exact) mass is 426 g/mol. The maximum absolute atomic E-state index is 2.39. The molecule has 0 saturated carbocycles. The molecule has 0 heteroatoms. The van der Waals surface area contributed by atoms with E-state index in [1.807, 2.05) is 0 Å². The van der Waals surface area contributed by atoms with E-state index >= 15 is 0 Å². The Morgan fingerprint density at radius 3 is 2.00 bits per heavy atom. The van der Waals surface area contributed by atoms with Crippen molar-refractivity contribution in [2.24, 2.45) is 5.92 Å². The molecule has 0 aliphatic carbocycles. The second kappa shape index (κ2) is 13.3. The molecule has 0 heterocycles. The first kappa shape index (κ1) is 24.3. The number of hydrogen-bond donors (Lipinski definition) is 0. The van der Waals surface area contributed by atoms with E-state index in [0.29, 0.717) is 5.92 Å². The Bertz CT molecular complexity index is 904. The lowest BCUT2D eigenvalue weighted by Gasteiger charge is -2.19. The first-order chi connectivity index (χ1) is 15.7. The van der Waals surface area contributed by atoms with Gasteiger partial charge in [-0.3, -0.25) is 0 Å². The highest BCUT2D eigenvalue weighted by Gasteiger charge is 2.12. The van der Waals surface area contributed by atoms with Gasteiger partial charge in [0.1, 0.15) is 0 Å². The highest BCUT2D eigenvalue weighted by Crippen LogP contribution is 2.29. The molecule has 1 unspecified atom stereocenters. The minimum absolute atomic E-state index is 0.692. The van der Waals surface area contributed by atoms with E-state index in [4.69, 9.17) is 0 Å². The summed E-state index contributed by atoms with van der Waals surface area (Å²) in [5.74, 6) is 1.61. The molecule has 0 aliphatic rings. The molecule has 0 amide bonds. The van der Waals surface area contributed by atoms with Gasteiger partial charge >= 0.3 is 0 Å². The van der Waals surface area contributed by atoms with Crippen molar-refractivity contribution in [2.45, 2.75) is 84.5 Å². The molecule has 0 nitrogen and oxygen atoms in total. The van der Waals surface area contributed by atoms with Crippen molar-refractivity contribution < 1.29 is 0 Å². The largest absolute Gasteiger partial charge is 0.0651 e. The molecule has 0 aromatic heterocycles. The van der Waals surface area contributed by atoms with E-state index in [-0.39, 0.29) is 0 Å². The van der Waals surface area contributed by atoms with Crippen LogP contribution in [0.2, 0.25) is 0 Å². The maximum atomic E-state index is 2.39. The van der Waals surface area contributed by atoms with Gasteiger partial charge in [0.15, 0.2) is 0 Å². The fourth-order valence-electron chi connectivity index (χ4n) is 5.01. The molecule has 1 atom stereocenters. The molecule has 0 spiro atoms. The lowest BCUT2D eigenvalue weighted by molar-refractivity contribution is 0.418. The van der Waals surface area contributed by atoms with E-state index in [0.717, 1.165) is 12.3 Å². The molecule has 0 aliphatic heterocycles. The van der Waals surface area contributed by atoms with Crippen molar-refractivity contribution in [3.63, 3.8) is 0 Å². The summed E-state index contributed by atoms with van der Waals surface area (Å²) in [6, 6.07) is 29.2. The van der Waals surface area contributed by atoms with Crippen molar-refractivity contribution in [1.29, 1.82) is 0 Å². The fraction of sp³-hybridized carbons (Fsp3) is 0.438. The average molecular weight is 427 g/mol. The predicted molar refractivity (Wildman–Crippen MR) is 141 cm³/mol. The molecule has 3 rings (SSSR count). The normalized spacial score (nSPS) is 12.2. The van der Waals surface area contributed by atoms with Gasteiger partial charge < -0.3 is 0 Å². The van der Waals surface area contributed by atoms with Crippen LogP contribution in [0.15, 0.2) is 78.9 Å². The average Bonchev–Trinajstić information content (AvgIpc) is 2.84. The number of benzene rings is 3. The Hall–Kier alpha value is -2.34. The highest BCUT2D eigenvalue weighted by molar-refractivity contribution is 5.64. The molecule has 3 aromatic carbocycles. The van der Waals surface area contributed by atoms with Gasteiger partial charge in [-0.15, -0.1) is 0 Å².